The Morgan fingerprint density at radius 2 is 2.16 bits per heavy atom. The highest BCUT2D eigenvalue weighted by atomic mass is 35.5. The molecule has 0 radical (unpaired) electrons. The van der Waals surface area contributed by atoms with Crippen LogP contribution in [0.1, 0.15) is 19.8 Å². The van der Waals surface area contributed by atoms with E-state index in [1.54, 1.807) is 7.05 Å². The van der Waals surface area contributed by atoms with Crippen molar-refractivity contribution >= 4 is 27.5 Å². The standard InChI is InChI=1S/C10H17ClN4O3S/c1-3-5-12-8(16)4-6-14-19(17,18)10-9(11)15(2)7-13-10/h7,14H,3-6H2,1-2H3,(H,12,16). The molecule has 1 amide bonds. The summed E-state index contributed by atoms with van der Waals surface area (Å²) in [5.41, 5.74) is 0. The number of carbonyl (C=O) groups is 1. The lowest BCUT2D eigenvalue weighted by molar-refractivity contribution is -0.120. The molecule has 0 atom stereocenters. The zero-order chi connectivity index (χ0) is 14.5. The average Bonchev–Trinajstić information content (AvgIpc) is 2.68. The minimum absolute atomic E-state index is 0.00475. The van der Waals surface area contributed by atoms with Crippen molar-refractivity contribution in [3.63, 3.8) is 0 Å². The van der Waals surface area contributed by atoms with Gasteiger partial charge in [0, 0.05) is 26.6 Å². The van der Waals surface area contributed by atoms with Crippen LogP contribution in [0.4, 0.5) is 0 Å². The van der Waals surface area contributed by atoms with E-state index in [1.807, 2.05) is 6.92 Å². The van der Waals surface area contributed by atoms with Crippen LogP contribution in [0, 0.1) is 0 Å². The summed E-state index contributed by atoms with van der Waals surface area (Å²) in [6, 6.07) is 0. The highest BCUT2D eigenvalue weighted by Crippen LogP contribution is 2.17. The van der Waals surface area contributed by atoms with E-state index < -0.39 is 10.0 Å². The number of nitrogens with one attached hydrogen (secondary N) is 2. The summed E-state index contributed by atoms with van der Waals surface area (Å²) in [4.78, 5) is 15.0. The summed E-state index contributed by atoms with van der Waals surface area (Å²) >= 11 is 5.81. The number of nitrogens with zero attached hydrogens (tertiary/aromatic N) is 2. The van der Waals surface area contributed by atoms with Gasteiger partial charge in [-0.15, -0.1) is 0 Å². The minimum Gasteiger partial charge on any atom is -0.356 e. The van der Waals surface area contributed by atoms with Crippen molar-refractivity contribution in [1.82, 2.24) is 19.6 Å². The Hall–Kier alpha value is -1.12. The van der Waals surface area contributed by atoms with Crippen LogP contribution in [0.2, 0.25) is 5.15 Å². The lowest BCUT2D eigenvalue weighted by Gasteiger charge is -2.05. The highest BCUT2D eigenvalue weighted by molar-refractivity contribution is 7.89. The SMILES string of the molecule is CCCNC(=O)CCNS(=O)(=O)c1ncn(C)c1Cl. The fourth-order valence-corrected chi connectivity index (χ4v) is 2.75. The normalized spacial score (nSPS) is 11.5. The fourth-order valence-electron chi connectivity index (χ4n) is 1.29. The van der Waals surface area contributed by atoms with Crippen LogP contribution >= 0.6 is 11.6 Å². The van der Waals surface area contributed by atoms with Gasteiger partial charge in [-0.25, -0.2) is 18.1 Å². The van der Waals surface area contributed by atoms with E-state index in [-0.39, 0.29) is 29.1 Å². The third-order valence-electron chi connectivity index (χ3n) is 2.31. The molecule has 108 valence electrons. The summed E-state index contributed by atoms with van der Waals surface area (Å²) in [5, 5.41) is 2.45. The first-order valence-corrected chi connectivity index (χ1v) is 7.67. The van der Waals surface area contributed by atoms with Crippen molar-refractivity contribution in [3.8, 4) is 0 Å². The average molecular weight is 309 g/mol. The van der Waals surface area contributed by atoms with E-state index in [9.17, 15) is 13.2 Å². The minimum atomic E-state index is -3.78. The summed E-state index contributed by atoms with van der Waals surface area (Å²) in [6.07, 6.45) is 2.22. The third kappa shape index (κ3) is 4.48. The zero-order valence-electron chi connectivity index (χ0n) is 10.8. The second kappa shape index (κ2) is 6.88. The van der Waals surface area contributed by atoms with Crippen molar-refractivity contribution in [2.45, 2.75) is 24.8 Å². The van der Waals surface area contributed by atoms with Crippen LogP contribution in [0.15, 0.2) is 11.4 Å². The Bertz CT molecular complexity index is 541. The Morgan fingerprint density at radius 3 is 2.68 bits per heavy atom. The van der Waals surface area contributed by atoms with Crippen LogP contribution in [0.3, 0.4) is 0 Å². The van der Waals surface area contributed by atoms with Crippen LogP contribution in [0.25, 0.3) is 0 Å². The quantitative estimate of drug-likeness (QED) is 0.756. The third-order valence-corrected chi connectivity index (χ3v) is 4.25. The van der Waals surface area contributed by atoms with Gasteiger partial charge in [0.15, 0.2) is 0 Å². The number of carbonyl (C=O) groups excluding carboxylic acids is 1. The lowest BCUT2D eigenvalue weighted by atomic mass is 10.4. The molecule has 1 aromatic rings. The van der Waals surface area contributed by atoms with Gasteiger partial charge in [-0.05, 0) is 6.42 Å². The van der Waals surface area contributed by atoms with Gasteiger partial charge in [-0.3, -0.25) is 4.79 Å². The molecule has 0 aromatic carbocycles. The Kier molecular flexibility index (Phi) is 5.77. The Labute approximate surface area is 117 Å². The van der Waals surface area contributed by atoms with Crippen molar-refractivity contribution < 1.29 is 13.2 Å². The van der Waals surface area contributed by atoms with Crippen molar-refractivity contribution in [1.29, 1.82) is 0 Å². The van der Waals surface area contributed by atoms with Gasteiger partial charge < -0.3 is 9.88 Å². The molecule has 0 saturated carbocycles. The van der Waals surface area contributed by atoms with Gasteiger partial charge in [0.05, 0.1) is 6.33 Å². The maximum absolute atomic E-state index is 11.9. The number of aryl methyl sites for hydroxylation is 1. The molecular weight excluding hydrogens is 292 g/mol. The lowest BCUT2D eigenvalue weighted by Crippen LogP contribution is -2.31. The molecule has 1 aromatic heterocycles. The molecule has 0 spiro atoms. The van der Waals surface area contributed by atoms with Crippen molar-refractivity contribution in [3.05, 3.63) is 11.5 Å². The number of imidazole rings is 1. The molecule has 7 nitrogen and oxygen atoms in total. The zero-order valence-corrected chi connectivity index (χ0v) is 12.4. The molecule has 0 bridgehead atoms. The van der Waals surface area contributed by atoms with Gasteiger partial charge in [-0.2, -0.15) is 0 Å². The van der Waals surface area contributed by atoms with E-state index in [2.05, 4.69) is 15.0 Å². The van der Waals surface area contributed by atoms with Gasteiger partial charge in [0.2, 0.25) is 10.9 Å². The molecule has 2 N–H and O–H groups in total. The first kappa shape index (κ1) is 15.9. The van der Waals surface area contributed by atoms with Crippen LogP contribution < -0.4 is 10.0 Å². The van der Waals surface area contributed by atoms with Gasteiger partial charge in [-0.1, -0.05) is 18.5 Å². The second-order valence-corrected chi connectivity index (χ2v) is 5.99. The number of amides is 1. The number of rotatable bonds is 7. The molecule has 0 aliphatic rings. The molecule has 0 aliphatic heterocycles. The maximum Gasteiger partial charge on any atom is 0.261 e. The highest BCUT2D eigenvalue weighted by Gasteiger charge is 2.21. The topological polar surface area (TPSA) is 93.1 Å². The predicted octanol–water partition coefficient (Wildman–Crippen LogP) is 0.268. The monoisotopic (exact) mass is 308 g/mol. The molecular formula is C10H17ClN4O3S. The smallest absolute Gasteiger partial charge is 0.261 e. The second-order valence-electron chi connectivity index (χ2n) is 3.95. The van der Waals surface area contributed by atoms with E-state index in [1.165, 1.54) is 10.9 Å². The first-order valence-electron chi connectivity index (χ1n) is 5.81. The summed E-state index contributed by atoms with van der Waals surface area (Å²) in [7, 11) is -2.19. The number of halogens is 1. The van der Waals surface area contributed by atoms with Crippen LogP contribution in [0.5, 0.6) is 0 Å². The number of sulfonamides is 1. The summed E-state index contributed by atoms with van der Waals surface area (Å²) < 4.78 is 27.4. The fraction of sp³-hybridized carbons (Fsp3) is 0.600. The Morgan fingerprint density at radius 1 is 1.47 bits per heavy atom. The van der Waals surface area contributed by atoms with E-state index in [4.69, 9.17) is 11.6 Å². The number of aromatic nitrogens is 2. The van der Waals surface area contributed by atoms with Gasteiger partial charge in [0.25, 0.3) is 10.0 Å². The van der Waals surface area contributed by atoms with Crippen LogP contribution in [-0.2, 0) is 21.9 Å². The Balaban J connectivity index is 2.53. The molecule has 19 heavy (non-hydrogen) atoms. The molecule has 0 unspecified atom stereocenters. The predicted molar refractivity (Wildman–Crippen MR) is 71.3 cm³/mol. The maximum atomic E-state index is 11.9. The first-order chi connectivity index (χ1) is 8.88. The van der Waals surface area contributed by atoms with E-state index >= 15 is 0 Å². The van der Waals surface area contributed by atoms with Crippen LogP contribution in [-0.4, -0.2) is 37.0 Å². The number of hydrogen-bond donors (Lipinski definition) is 2. The molecule has 0 fully saturated rings. The van der Waals surface area contributed by atoms with Crippen molar-refractivity contribution in [2.75, 3.05) is 13.1 Å². The van der Waals surface area contributed by atoms with E-state index in [0.717, 1.165) is 6.42 Å². The number of hydrogen-bond acceptors (Lipinski definition) is 4. The van der Waals surface area contributed by atoms with Gasteiger partial charge in [0.1, 0.15) is 5.15 Å². The molecule has 1 rings (SSSR count). The summed E-state index contributed by atoms with van der Waals surface area (Å²) in [6.45, 7) is 2.52. The molecule has 0 aliphatic carbocycles. The molecule has 9 heteroatoms. The largest absolute Gasteiger partial charge is 0.356 e. The van der Waals surface area contributed by atoms with Crippen molar-refractivity contribution in [2.24, 2.45) is 7.05 Å². The van der Waals surface area contributed by atoms with E-state index in [0.29, 0.717) is 6.54 Å². The molecule has 0 saturated heterocycles. The van der Waals surface area contributed by atoms with Gasteiger partial charge >= 0.3 is 0 Å². The molecule has 1 heterocycles. The summed E-state index contributed by atoms with van der Waals surface area (Å²) in [5.74, 6) is -0.198.